The van der Waals surface area contributed by atoms with E-state index in [1.807, 2.05) is 49.5 Å². The lowest BCUT2D eigenvalue weighted by atomic mass is 9.69. The highest BCUT2D eigenvalue weighted by atomic mass is 32.1. The van der Waals surface area contributed by atoms with E-state index in [0.717, 1.165) is 51.8 Å². The van der Waals surface area contributed by atoms with Gasteiger partial charge < -0.3 is 10.6 Å². The van der Waals surface area contributed by atoms with Crippen LogP contribution in [0.4, 0.5) is 0 Å². The summed E-state index contributed by atoms with van der Waals surface area (Å²) >= 11 is 1.47. The zero-order valence-corrected chi connectivity index (χ0v) is 18.7. The molecule has 8 nitrogen and oxygen atoms in total. The van der Waals surface area contributed by atoms with Crippen molar-refractivity contribution in [1.29, 1.82) is 0 Å². The lowest BCUT2D eigenvalue weighted by Gasteiger charge is -2.40. The SMILES string of the molecule is Cn1cc(-c2cnc3c(-c4csc(C(=O)N[C@H]5CNCCC6CC[C@H]65)c4)cnn3c2)cn1. The molecule has 2 N–H and O–H groups in total. The first-order valence-corrected chi connectivity index (χ1v) is 12.0. The monoisotopic (exact) mass is 447 g/mol. The van der Waals surface area contributed by atoms with Gasteiger partial charge in [-0.05, 0) is 54.7 Å². The highest BCUT2D eigenvalue weighted by molar-refractivity contribution is 7.12. The minimum atomic E-state index is 0.0175. The van der Waals surface area contributed by atoms with E-state index in [1.165, 1.54) is 30.6 Å². The van der Waals surface area contributed by atoms with Gasteiger partial charge in [-0.1, -0.05) is 0 Å². The zero-order chi connectivity index (χ0) is 21.7. The first-order valence-electron chi connectivity index (χ1n) is 11.1. The maximum Gasteiger partial charge on any atom is 0.261 e. The van der Waals surface area contributed by atoms with Gasteiger partial charge in [0.2, 0.25) is 0 Å². The van der Waals surface area contributed by atoms with E-state index >= 15 is 0 Å². The molecule has 164 valence electrons. The number of hydrogen-bond donors (Lipinski definition) is 2. The van der Waals surface area contributed by atoms with Crippen molar-refractivity contribution in [3.8, 4) is 22.3 Å². The highest BCUT2D eigenvalue weighted by Gasteiger charge is 2.38. The molecule has 9 heteroatoms. The van der Waals surface area contributed by atoms with E-state index in [2.05, 4.69) is 25.8 Å². The number of carbonyl (C=O) groups excluding carboxylic acids is 1. The van der Waals surface area contributed by atoms with Gasteiger partial charge in [-0.25, -0.2) is 9.50 Å². The van der Waals surface area contributed by atoms with Crippen LogP contribution in [0.25, 0.3) is 27.9 Å². The fourth-order valence-corrected chi connectivity index (χ4v) is 5.78. The molecule has 1 aliphatic carbocycles. The van der Waals surface area contributed by atoms with Gasteiger partial charge in [-0.2, -0.15) is 10.2 Å². The maximum atomic E-state index is 13.0. The van der Waals surface area contributed by atoms with Crippen molar-refractivity contribution in [2.75, 3.05) is 13.1 Å². The summed E-state index contributed by atoms with van der Waals surface area (Å²) in [5.74, 6) is 1.39. The van der Waals surface area contributed by atoms with Gasteiger partial charge in [-0.15, -0.1) is 11.3 Å². The summed E-state index contributed by atoms with van der Waals surface area (Å²) in [4.78, 5) is 18.4. The van der Waals surface area contributed by atoms with Gasteiger partial charge in [0, 0.05) is 54.9 Å². The lowest BCUT2D eigenvalue weighted by molar-refractivity contribution is 0.0851. The molecular weight excluding hydrogens is 422 g/mol. The molecular formula is C23H25N7OS. The molecule has 0 spiro atoms. The standard InChI is InChI=1S/C23H25N7OS/c1-29-11-17(8-26-29)16-7-25-22-19(9-27-30(22)12-16)15-6-21(32-13-15)23(31)28-20-10-24-5-4-14-2-3-18(14)20/h6-9,11-14,18,20,24H,2-5,10H2,1H3,(H,28,31)/t14?,18-,20+/m1/s1. The topological polar surface area (TPSA) is 89.1 Å². The highest BCUT2D eigenvalue weighted by Crippen LogP contribution is 2.40. The Kier molecular flexibility index (Phi) is 4.80. The third-order valence-electron chi connectivity index (χ3n) is 6.89. The Morgan fingerprint density at radius 2 is 2.03 bits per heavy atom. The van der Waals surface area contributed by atoms with Crippen molar-refractivity contribution in [1.82, 2.24) is 35.0 Å². The van der Waals surface area contributed by atoms with Crippen molar-refractivity contribution >= 4 is 22.9 Å². The molecule has 1 saturated carbocycles. The Morgan fingerprint density at radius 1 is 1.12 bits per heavy atom. The number of nitrogens with zero attached hydrogens (tertiary/aromatic N) is 5. The molecule has 3 atom stereocenters. The third-order valence-corrected chi connectivity index (χ3v) is 7.82. The smallest absolute Gasteiger partial charge is 0.261 e. The Labute approximate surface area is 189 Å². The molecule has 0 radical (unpaired) electrons. The average molecular weight is 448 g/mol. The number of carbonyl (C=O) groups is 1. The minimum Gasteiger partial charge on any atom is -0.347 e. The number of aryl methyl sites for hydroxylation is 1. The van der Waals surface area contributed by atoms with Crippen LogP contribution in [0.2, 0.25) is 0 Å². The summed E-state index contributed by atoms with van der Waals surface area (Å²) in [5.41, 5.74) is 4.62. The van der Waals surface area contributed by atoms with Gasteiger partial charge in [0.25, 0.3) is 5.91 Å². The van der Waals surface area contributed by atoms with E-state index in [4.69, 9.17) is 0 Å². The summed E-state index contributed by atoms with van der Waals surface area (Å²) in [6, 6.07) is 2.18. The van der Waals surface area contributed by atoms with Crippen LogP contribution in [-0.2, 0) is 7.05 Å². The zero-order valence-electron chi connectivity index (χ0n) is 17.9. The first-order chi connectivity index (χ1) is 15.7. The number of nitrogens with one attached hydrogen (secondary N) is 2. The van der Waals surface area contributed by atoms with Crippen LogP contribution in [0.15, 0.2) is 42.4 Å². The van der Waals surface area contributed by atoms with Crippen LogP contribution in [0.3, 0.4) is 0 Å². The van der Waals surface area contributed by atoms with Crippen LogP contribution >= 0.6 is 11.3 Å². The summed E-state index contributed by atoms with van der Waals surface area (Å²) in [6.45, 7) is 1.92. The van der Waals surface area contributed by atoms with Crippen LogP contribution in [-0.4, -0.2) is 49.4 Å². The Morgan fingerprint density at radius 3 is 2.84 bits per heavy atom. The fraction of sp³-hybridized carbons (Fsp3) is 0.391. The largest absolute Gasteiger partial charge is 0.347 e. The van der Waals surface area contributed by atoms with Crippen molar-refractivity contribution in [3.05, 3.63) is 47.3 Å². The van der Waals surface area contributed by atoms with Crippen molar-refractivity contribution in [2.24, 2.45) is 18.9 Å². The number of fused-ring (bicyclic) bond motifs is 2. The minimum absolute atomic E-state index is 0.0175. The second-order valence-corrected chi connectivity index (χ2v) is 9.76. The first kappa shape index (κ1) is 19.6. The van der Waals surface area contributed by atoms with Crippen LogP contribution in [0, 0.1) is 11.8 Å². The Hall–Kier alpha value is -3.04. The quantitative estimate of drug-likeness (QED) is 0.502. The van der Waals surface area contributed by atoms with Crippen molar-refractivity contribution in [2.45, 2.75) is 25.3 Å². The average Bonchev–Trinajstić information content (AvgIpc) is 3.49. The fourth-order valence-electron chi connectivity index (χ4n) is 4.97. The summed E-state index contributed by atoms with van der Waals surface area (Å²) < 4.78 is 3.55. The molecule has 0 bridgehead atoms. The number of thiophene rings is 1. The van der Waals surface area contributed by atoms with E-state index in [1.54, 1.807) is 9.20 Å². The molecule has 0 aromatic carbocycles. The van der Waals surface area contributed by atoms with Gasteiger partial charge in [-0.3, -0.25) is 9.48 Å². The maximum absolute atomic E-state index is 13.0. The van der Waals surface area contributed by atoms with Crippen molar-refractivity contribution in [3.63, 3.8) is 0 Å². The molecule has 5 heterocycles. The third kappa shape index (κ3) is 3.41. The van der Waals surface area contributed by atoms with Gasteiger partial charge in [0.15, 0.2) is 5.65 Å². The Bertz CT molecular complexity index is 1290. The lowest BCUT2D eigenvalue weighted by Crippen LogP contribution is -2.49. The molecule has 1 unspecified atom stereocenters. The van der Waals surface area contributed by atoms with E-state index < -0.39 is 0 Å². The second-order valence-electron chi connectivity index (χ2n) is 8.85. The van der Waals surface area contributed by atoms with E-state index in [9.17, 15) is 4.79 Å². The number of aromatic nitrogens is 5. The van der Waals surface area contributed by atoms with Gasteiger partial charge >= 0.3 is 0 Å². The van der Waals surface area contributed by atoms with Crippen LogP contribution in [0.1, 0.15) is 28.9 Å². The number of amides is 1. The number of rotatable bonds is 4. The molecule has 1 amide bonds. The van der Waals surface area contributed by atoms with E-state index in [-0.39, 0.29) is 11.9 Å². The summed E-state index contributed by atoms with van der Waals surface area (Å²) in [7, 11) is 1.89. The molecule has 2 fully saturated rings. The summed E-state index contributed by atoms with van der Waals surface area (Å²) in [6.07, 6.45) is 13.1. The van der Waals surface area contributed by atoms with Crippen molar-refractivity contribution < 1.29 is 4.79 Å². The predicted octanol–water partition coefficient (Wildman–Crippen LogP) is 2.98. The Balaban J connectivity index is 1.22. The molecule has 6 rings (SSSR count). The predicted molar refractivity (Wildman–Crippen MR) is 123 cm³/mol. The molecule has 4 aromatic heterocycles. The molecule has 1 saturated heterocycles. The summed E-state index contributed by atoms with van der Waals surface area (Å²) in [5, 5.41) is 17.5. The van der Waals surface area contributed by atoms with Crippen LogP contribution < -0.4 is 10.6 Å². The molecule has 32 heavy (non-hydrogen) atoms. The van der Waals surface area contributed by atoms with Crippen LogP contribution in [0.5, 0.6) is 0 Å². The molecule has 1 aliphatic heterocycles. The van der Waals surface area contributed by atoms with E-state index in [0.29, 0.717) is 5.92 Å². The normalized spacial score (nSPS) is 22.8. The van der Waals surface area contributed by atoms with Gasteiger partial charge in [0.05, 0.1) is 17.3 Å². The van der Waals surface area contributed by atoms with Gasteiger partial charge in [0.1, 0.15) is 0 Å². The molecule has 4 aromatic rings. The second kappa shape index (κ2) is 7.83. The molecule has 2 aliphatic rings. The number of hydrogen-bond acceptors (Lipinski definition) is 6.